The first-order chi connectivity index (χ1) is 9.61. The van der Waals surface area contributed by atoms with Gasteiger partial charge in [-0.15, -0.1) is 0 Å². The molecule has 1 aromatic carbocycles. The molecule has 3 rings (SSSR count). The number of ether oxygens (including phenoxy) is 1. The lowest BCUT2D eigenvalue weighted by molar-refractivity contribution is 0.126. The zero-order chi connectivity index (χ0) is 14.3. The number of aliphatic hydroxyl groups is 1. The van der Waals surface area contributed by atoms with Crippen LogP contribution in [0.2, 0.25) is 0 Å². The van der Waals surface area contributed by atoms with E-state index in [2.05, 4.69) is 11.0 Å². The predicted molar refractivity (Wildman–Crippen MR) is 80.1 cm³/mol. The number of benzene rings is 1. The molecule has 2 bridgehead atoms. The molecule has 1 aromatic rings. The first-order valence-corrected chi connectivity index (χ1v) is 7.50. The Morgan fingerprint density at radius 3 is 2.50 bits per heavy atom. The molecule has 0 saturated carbocycles. The van der Waals surface area contributed by atoms with Gasteiger partial charge in [0.15, 0.2) is 0 Å². The molecule has 110 valence electrons. The summed E-state index contributed by atoms with van der Waals surface area (Å²) < 4.78 is 5.49. The summed E-state index contributed by atoms with van der Waals surface area (Å²) in [5.41, 5.74) is 8.46. The van der Waals surface area contributed by atoms with Gasteiger partial charge < -0.3 is 20.5 Å². The van der Waals surface area contributed by atoms with Gasteiger partial charge in [0.2, 0.25) is 0 Å². The second-order valence-corrected chi connectivity index (χ2v) is 6.10. The van der Waals surface area contributed by atoms with Crippen LogP contribution in [0.25, 0.3) is 0 Å². The lowest BCUT2D eigenvalue weighted by Crippen LogP contribution is -2.45. The summed E-state index contributed by atoms with van der Waals surface area (Å²) in [6.45, 7) is 2.00. The highest BCUT2D eigenvalue weighted by Gasteiger charge is 2.41. The van der Waals surface area contributed by atoms with Crippen molar-refractivity contribution in [3.05, 3.63) is 23.8 Å². The number of piperidine rings is 1. The maximum Gasteiger partial charge on any atom is 0.125 e. The Balaban J connectivity index is 2.02. The molecule has 4 nitrogen and oxygen atoms in total. The van der Waals surface area contributed by atoms with E-state index in [1.54, 1.807) is 7.11 Å². The maximum atomic E-state index is 9.96. The molecule has 2 heterocycles. The van der Waals surface area contributed by atoms with E-state index in [-0.39, 0.29) is 12.1 Å². The number of methoxy groups -OCH3 is 1. The molecule has 0 radical (unpaired) electrons. The third-order valence-corrected chi connectivity index (χ3v) is 4.70. The van der Waals surface area contributed by atoms with Crippen molar-refractivity contribution in [3.8, 4) is 5.75 Å². The van der Waals surface area contributed by atoms with Crippen LogP contribution < -0.4 is 15.4 Å². The van der Waals surface area contributed by atoms with Crippen LogP contribution in [0.15, 0.2) is 18.2 Å². The lowest BCUT2D eigenvalue weighted by atomic mass is 9.96. The highest BCUT2D eigenvalue weighted by atomic mass is 16.5. The average Bonchev–Trinajstić information content (AvgIpc) is 2.69. The summed E-state index contributed by atoms with van der Waals surface area (Å²) in [7, 11) is 1.69. The topological polar surface area (TPSA) is 58.7 Å². The standard InChI is InChI=1S/C16H24N2O2/c1-10(17)16-14(4-3-5-15(16)20-2)18-11-6-7-12(18)9-13(19)8-11/h3-5,10-13,19H,6-9,17H2,1-2H3. The van der Waals surface area contributed by atoms with E-state index >= 15 is 0 Å². The summed E-state index contributed by atoms with van der Waals surface area (Å²) >= 11 is 0. The Labute approximate surface area is 120 Å². The van der Waals surface area contributed by atoms with Crippen molar-refractivity contribution in [1.29, 1.82) is 0 Å². The molecule has 2 saturated heterocycles. The molecular formula is C16H24N2O2. The highest BCUT2D eigenvalue weighted by molar-refractivity contribution is 5.63. The van der Waals surface area contributed by atoms with Gasteiger partial charge in [0.1, 0.15) is 5.75 Å². The van der Waals surface area contributed by atoms with Crippen molar-refractivity contribution in [1.82, 2.24) is 0 Å². The molecule has 3 N–H and O–H groups in total. The number of rotatable bonds is 3. The normalized spacial score (nSPS) is 30.4. The van der Waals surface area contributed by atoms with Gasteiger partial charge in [-0.05, 0) is 44.7 Å². The second-order valence-electron chi connectivity index (χ2n) is 6.10. The first-order valence-electron chi connectivity index (χ1n) is 7.50. The van der Waals surface area contributed by atoms with Crippen LogP contribution in [0.5, 0.6) is 5.75 Å². The lowest BCUT2D eigenvalue weighted by Gasteiger charge is -2.40. The van der Waals surface area contributed by atoms with Crippen LogP contribution in [-0.2, 0) is 0 Å². The van der Waals surface area contributed by atoms with Gasteiger partial charge in [0.05, 0.1) is 13.2 Å². The Kier molecular flexibility index (Phi) is 3.61. The molecule has 0 aliphatic carbocycles. The zero-order valence-electron chi connectivity index (χ0n) is 12.2. The van der Waals surface area contributed by atoms with Crippen molar-refractivity contribution in [2.75, 3.05) is 12.0 Å². The number of aliphatic hydroxyl groups excluding tert-OH is 1. The number of fused-ring (bicyclic) bond motifs is 2. The van der Waals surface area contributed by atoms with Gasteiger partial charge in [-0.2, -0.15) is 0 Å². The van der Waals surface area contributed by atoms with Gasteiger partial charge in [-0.1, -0.05) is 6.07 Å². The average molecular weight is 276 g/mol. The molecule has 0 spiro atoms. The van der Waals surface area contributed by atoms with E-state index in [0.29, 0.717) is 12.1 Å². The van der Waals surface area contributed by atoms with E-state index in [4.69, 9.17) is 10.5 Å². The molecule has 20 heavy (non-hydrogen) atoms. The minimum absolute atomic E-state index is 0.0626. The van der Waals surface area contributed by atoms with E-state index < -0.39 is 0 Å². The third kappa shape index (κ3) is 2.17. The fourth-order valence-corrected chi connectivity index (χ4v) is 3.93. The third-order valence-electron chi connectivity index (χ3n) is 4.70. The van der Waals surface area contributed by atoms with Crippen molar-refractivity contribution in [3.63, 3.8) is 0 Å². The molecule has 3 atom stereocenters. The van der Waals surface area contributed by atoms with Crippen LogP contribution in [0.1, 0.15) is 44.2 Å². The molecule has 2 aliphatic rings. The number of anilines is 1. The van der Waals surface area contributed by atoms with Crippen molar-refractivity contribution in [2.45, 2.75) is 56.8 Å². The van der Waals surface area contributed by atoms with Crippen LogP contribution >= 0.6 is 0 Å². The van der Waals surface area contributed by atoms with E-state index in [9.17, 15) is 5.11 Å². The fourth-order valence-electron chi connectivity index (χ4n) is 3.93. The Morgan fingerprint density at radius 1 is 1.30 bits per heavy atom. The summed E-state index contributed by atoms with van der Waals surface area (Å²) in [6.07, 6.45) is 3.92. The maximum absolute atomic E-state index is 9.96. The van der Waals surface area contributed by atoms with Gasteiger partial charge in [0, 0.05) is 29.4 Å². The summed E-state index contributed by atoms with van der Waals surface area (Å²) in [5, 5.41) is 9.96. The van der Waals surface area contributed by atoms with Crippen molar-refractivity contribution < 1.29 is 9.84 Å². The number of nitrogens with zero attached hydrogens (tertiary/aromatic N) is 1. The molecule has 0 amide bonds. The molecule has 0 aromatic heterocycles. The molecule has 2 aliphatic heterocycles. The van der Waals surface area contributed by atoms with E-state index in [0.717, 1.165) is 37.0 Å². The zero-order valence-corrected chi connectivity index (χ0v) is 12.2. The smallest absolute Gasteiger partial charge is 0.125 e. The van der Waals surface area contributed by atoms with Gasteiger partial charge in [-0.25, -0.2) is 0 Å². The quantitative estimate of drug-likeness (QED) is 0.888. The van der Waals surface area contributed by atoms with Gasteiger partial charge in [0.25, 0.3) is 0 Å². The summed E-state index contributed by atoms with van der Waals surface area (Å²) in [6, 6.07) is 6.96. The van der Waals surface area contributed by atoms with Gasteiger partial charge in [-0.3, -0.25) is 0 Å². The van der Waals surface area contributed by atoms with Crippen LogP contribution in [0, 0.1) is 0 Å². The number of hydrogen-bond acceptors (Lipinski definition) is 4. The minimum Gasteiger partial charge on any atom is -0.496 e. The molecule has 3 unspecified atom stereocenters. The molecule has 2 fully saturated rings. The largest absolute Gasteiger partial charge is 0.496 e. The van der Waals surface area contributed by atoms with E-state index in [1.165, 1.54) is 5.69 Å². The Bertz CT molecular complexity index is 475. The van der Waals surface area contributed by atoms with Crippen LogP contribution in [-0.4, -0.2) is 30.4 Å². The first kappa shape index (κ1) is 13.7. The summed E-state index contributed by atoms with van der Waals surface area (Å²) in [5.74, 6) is 0.864. The Morgan fingerprint density at radius 2 is 1.95 bits per heavy atom. The van der Waals surface area contributed by atoms with Crippen LogP contribution in [0.3, 0.4) is 0 Å². The number of nitrogens with two attached hydrogens (primary N) is 1. The summed E-state index contributed by atoms with van der Waals surface area (Å²) in [4.78, 5) is 2.48. The Hall–Kier alpha value is -1.26. The van der Waals surface area contributed by atoms with E-state index in [1.807, 2.05) is 19.1 Å². The minimum atomic E-state index is -0.145. The monoisotopic (exact) mass is 276 g/mol. The van der Waals surface area contributed by atoms with Crippen molar-refractivity contribution >= 4 is 5.69 Å². The molecular weight excluding hydrogens is 252 g/mol. The SMILES string of the molecule is COc1cccc(N2C3CCC2CC(O)C3)c1C(C)N. The van der Waals surface area contributed by atoms with Crippen LogP contribution in [0.4, 0.5) is 5.69 Å². The predicted octanol–water partition coefficient (Wildman–Crippen LogP) is 2.21. The van der Waals surface area contributed by atoms with Gasteiger partial charge >= 0.3 is 0 Å². The fraction of sp³-hybridized carbons (Fsp3) is 0.625. The van der Waals surface area contributed by atoms with Crippen molar-refractivity contribution in [2.24, 2.45) is 5.73 Å². The number of hydrogen-bond donors (Lipinski definition) is 2. The highest BCUT2D eigenvalue weighted by Crippen LogP contribution is 2.43. The second kappa shape index (κ2) is 5.26. The molecule has 4 heteroatoms.